The van der Waals surface area contributed by atoms with Crippen LogP contribution >= 0.6 is 22.6 Å². The van der Waals surface area contributed by atoms with Gasteiger partial charge >= 0.3 is 0 Å². The van der Waals surface area contributed by atoms with E-state index in [1.54, 1.807) is 48.5 Å². The van der Waals surface area contributed by atoms with Gasteiger partial charge in [0.05, 0.1) is 17.5 Å². The minimum absolute atomic E-state index is 0.0352. The van der Waals surface area contributed by atoms with E-state index >= 15 is 0 Å². The number of hydrogen-bond acceptors (Lipinski definition) is 5. The molecule has 7 heteroatoms. The molecule has 0 spiro atoms. The van der Waals surface area contributed by atoms with Crippen LogP contribution in [0.1, 0.15) is 31.4 Å². The number of hydrogen-bond donors (Lipinski definition) is 4. The minimum Gasteiger partial charge on any atom is -0.508 e. The highest BCUT2D eigenvalue weighted by atomic mass is 127. The van der Waals surface area contributed by atoms with Crippen molar-refractivity contribution in [1.29, 1.82) is 0 Å². The summed E-state index contributed by atoms with van der Waals surface area (Å²) < 4.78 is 6.57. The number of para-hydroxylation sites is 2. The maximum Gasteiger partial charge on any atom is 0.248 e. The number of carbonyl (C=O) groups excluding carboxylic acids is 1. The van der Waals surface area contributed by atoms with E-state index in [2.05, 4.69) is 27.9 Å². The van der Waals surface area contributed by atoms with E-state index < -0.39 is 12.2 Å². The molecule has 0 aromatic heterocycles. The number of amides is 1. The third kappa shape index (κ3) is 6.50. The second kappa shape index (κ2) is 11.0. The van der Waals surface area contributed by atoms with Crippen LogP contribution in [0.25, 0.3) is 0 Å². The lowest BCUT2D eigenvalue weighted by Gasteiger charge is -2.23. The molecule has 0 fully saturated rings. The number of rotatable bonds is 9. The molecule has 5 N–H and O–H groups in total. The van der Waals surface area contributed by atoms with Gasteiger partial charge in [0.1, 0.15) is 11.9 Å². The van der Waals surface area contributed by atoms with Gasteiger partial charge in [0.15, 0.2) is 0 Å². The van der Waals surface area contributed by atoms with Gasteiger partial charge in [-0.25, -0.2) is 0 Å². The van der Waals surface area contributed by atoms with Gasteiger partial charge in [-0.1, -0.05) is 18.2 Å². The average Bonchev–Trinajstić information content (AvgIpc) is 2.67. The van der Waals surface area contributed by atoms with Crippen LogP contribution < -0.4 is 11.1 Å². The lowest BCUT2D eigenvalue weighted by Crippen LogP contribution is -2.22. The number of allylic oxidation sites excluding steroid dienone is 1. The highest BCUT2D eigenvalue weighted by Gasteiger charge is 2.23. The molecule has 6 nitrogen and oxygen atoms in total. The number of aromatic hydroxyl groups is 1. The second-order valence-electron chi connectivity index (χ2n) is 6.20. The number of phenolic OH excluding ortho intramolecular Hbond substituents is 1. The van der Waals surface area contributed by atoms with E-state index in [9.17, 15) is 15.0 Å². The van der Waals surface area contributed by atoms with Crippen molar-refractivity contribution in [2.75, 3.05) is 17.7 Å². The fourth-order valence-corrected chi connectivity index (χ4v) is 3.26. The van der Waals surface area contributed by atoms with Crippen molar-refractivity contribution in [2.24, 2.45) is 0 Å². The first-order valence-corrected chi connectivity index (χ1v) is 10.1. The molecule has 2 aromatic rings. The van der Waals surface area contributed by atoms with Crippen molar-refractivity contribution in [2.45, 2.75) is 32.0 Å². The molecule has 0 saturated heterocycles. The molecular formula is C21H25IN2O4. The maximum atomic E-state index is 12.0. The Morgan fingerprint density at radius 1 is 1.32 bits per heavy atom. The average molecular weight is 496 g/mol. The number of aliphatic hydroxyl groups is 1. The molecule has 150 valence electrons. The summed E-state index contributed by atoms with van der Waals surface area (Å²) in [6, 6.07) is 12.1. The van der Waals surface area contributed by atoms with Crippen molar-refractivity contribution < 1.29 is 19.7 Å². The minimum atomic E-state index is -0.957. The Morgan fingerprint density at radius 2 is 2.07 bits per heavy atom. The molecule has 0 bridgehead atoms. The molecule has 0 heterocycles. The molecule has 2 atom stereocenters. The van der Waals surface area contributed by atoms with Gasteiger partial charge in [-0.15, -0.1) is 0 Å². The first-order valence-electron chi connectivity index (χ1n) is 9.02. The number of benzene rings is 2. The molecule has 0 aliphatic rings. The number of ether oxygens (including phenoxy) is 1. The normalized spacial score (nSPS) is 13.4. The zero-order valence-corrected chi connectivity index (χ0v) is 17.8. The predicted octanol–water partition coefficient (Wildman–Crippen LogP) is 3.99. The monoisotopic (exact) mass is 496 g/mol. The number of carbonyl (C=O) groups is 1. The zero-order chi connectivity index (χ0) is 20.5. The Bertz CT molecular complexity index is 826. The maximum absolute atomic E-state index is 12.0. The lowest BCUT2D eigenvalue weighted by molar-refractivity contribution is -0.111. The first kappa shape index (κ1) is 22.2. The zero-order valence-electron chi connectivity index (χ0n) is 15.6. The van der Waals surface area contributed by atoms with Crippen molar-refractivity contribution >= 4 is 39.9 Å². The first-order chi connectivity index (χ1) is 13.4. The van der Waals surface area contributed by atoms with Gasteiger partial charge in [0, 0.05) is 15.7 Å². The Hall–Kier alpha value is -2.10. The second-order valence-corrected chi connectivity index (χ2v) is 7.44. The highest BCUT2D eigenvalue weighted by Crippen LogP contribution is 2.31. The SMILES string of the molecule is CCO[C@@H](CC/C=C/C(=O)Nc1ccccc1N)[C@@H](O)c1cc(I)ccc1O. The molecule has 0 saturated carbocycles. The van der Waals surface area contributed by atoms with Crippen LogP contribution in [0.2, 0.25) is 0 Å². The molecule has 28 heavy (non-hydrogen) atoms. The van der Waals surface area contributed by atoms with Crippen LogP contribution in [-0.4, -0.2) is 28.8 Å². The number of nitrogens with two attached hydrogens (primary N) is 1. The van der Waals surface area contributed by atoms with Crippen LogP contribution in [0.3, 0.4) is 0 Å². The fourth-order valence-electron chi connectivity index (χ4n) is 2.75. The van der Waals surface area contributed by atoms with Gasteiger partial charge in [0.2, 0.25) is 5.91 Å². The van der Waals surface area contributed by atoms with Gasteiger partial charge < -0.3 is 26.0 Å². The van der Waals surface area contributed by atoms with E-state index in [1.165, 1.54) is 6.08 Å². The van der Waals surface area contributed by atoms with Crippen LogP contribution in [0.4, 0.5) is 11.4 Å². The molecule has 0 unspecified atom stereocenters. The third-order valence-corrected chi connectivity index (χ3v) is 4.82. The quantitative estimate of drug-likeness (QED) is 0.239. The number of phenols is 1. The van der Waals surface area contributed by atoms with Crippen molar-refractivity contribution in [3.63, 3.8) is 0 Å². The summed E-state index contributed by atoms with van der Waals surface area (Å²) >= 11 is 2.13. The Balaban J connectivity index is 1.93. The fraction of sp³-hybridized carbons (Fsp3) is 0.286. The Labute approximate surface area is 178 Å². The van der Waals surface area contributed by atoms with Gasteiger partial charge in [0.25, 0.3) is 0 Å². The highest BCUT2D eigenvalue weighted by molar-refractivity contribution is 14.1. The lowest BCUT2D eigenvalue weighted by atomic mass is 9.99. The smallest absolute Gasteiger partial charge is 0.248 e. The van der Waals surface area contributed by atoms with E-state index in [1.807, 2.05) is 6.92 Å². The Kier molecular flexibility index (Phi) is 8.75. The summed E-state index contributed by atoms with van der Waals surface area (Å²) in [5.41, 5.74) is 7.31. The summed E-state index contributed by atoms with van der Waals surface area (Å²) in [6.45, 7) is 2.28. The summed E-state index contributed by atoms with van der Waals surface area (Å²) in [4.78, 5) is 12.0. The molecular weight excluding hydrogens is 471 g/mol. The van der Waals surface area contributed by atoms with Crippen molar-refractivity contribution in [1.82, 2.24) is 0 Å². The molecule has 0 aliphatic carbocycles. The summed E-state index contributed by atoms with van der Waals surface area (Å²) in [5.74, 6) is -0.241. The van der Waals surface area contributed by atoms with Crippen molar-refractivity contribution in [3.05, 3.63) is 63.8 Å². The number of nitrogens with one attached hydrogen (secondary N) is 1. The van der Waals surface area contributed by atoms with E-state index in [4.69, 9.17) is 10.5 Å². The number of aliphatic hydroxyl groups excluding tert-OH is 1. The van der Waals surface area contributed by atoms with Gasteiger partial charge in [-0.3, -0.25) is 4.79 Å². The molecule has 0 aliphatic heterocycles. The van der Waals surface area contributed by atoms with E-state index in [0.717, 1.165) is 3.57 Å². The standard InChI is InChI=1S/C21H25IN2O4/c1-2-28-19(21(27)15-13-14(22)11-12-18(15)25)9-5-6-10-20(26)24-17-8-4-3-7-16(17)23/h3-4,6-8,10-13,19,21,25,27H,2,5,9,23H2,1H3,(H,24,26)/b10-6+/t19-,21-/m0/s1. The van der Waals surface area contributed by atoms with E-state index in [-0.39, 0.29) is 11.7 Å². The third-order valence-electron chi connectivity index (χ3n) is 4.15. The van der Waals surface area contributed by atoms with Crippen LogP contribution in [0.5, 0.6) is 5.75 Å². The van der Waals surface area contributed by atoms with Crippen molar-refractivity contribution in [3.8, 4) is 5.75 Å². The van der Waals surface area contributed by atoms with Gasteiger partial charge in [-0.05, 0) is 78.8 Å². The van der Waals surface area contributed by atoms with E-state index in [0.29, 0.717) is 36.4 Å². The molecule has 0 radical (unpaired) electrons. The van der Waals surface area contributed by atoms with Crippen LogP contribution in [0.15, 0.2) is 54.6 Å². The molecule has 2 aromatic carbocycles. The topological polar surface area (TPSA) is 105 Å². The van der Waals surface area contributed by atoms with Crippen LogP contribution in [0, 0.1) is 3.57 Å². The Morgan fingerprint density at radius 3 is 2.79 bits per heavy atom. The molecule has 2 rings (SSSR count). The largest absolute Gasteiger partial charge is 0.508 e. The predicted molar refractivity (Wildman–Crippen MR) is 119 cm³/mol. The summed E-state index contributed by atoms with van der Waals surface area (Å²) in [5, 5.41) is 23.4. The summed E-state index contributed by atoms with van der Waals surface area (Å²) in [6.07, 6.45) is 2.74. The van der Waals surface area contributed by atoms with Crippen LogP contribution in [-0.2, 0) is 9.53 Å². The number of nitrogen functional groups attached to an aromatic ring is 1. The summed E-state index contributed by atoms with van der Waals surface area (Å²) in [7, 11) is 0. The number of halogens is 1. The van der Waals surface area contributed by atoms with Gasteiger partial charge in [-0.2, -0.15) is 0 Å². The molecule has 1 amide bonds. The number of anilines is 2.